The van der Waals surface area contributed by atoms with Crippen LogP contribution < -0.4 is 10.4 Å². The number of nitrogens with two attached hydrogens (primary N) is 1. The van der Waals surface area contributed by atoms with E-state index in [1.165, 1.54) is 64.5 Å². The molecule has 0 fully saturated rings. The summed E-state index contributed by atoms with van der Waals surface area (Å²) in [4.78, 5) is 10.2. The van der Waals surface area contributed by atoms with Crippen molar-refractivity contribution >= 4 is 5.97 Å². The number of rotatable bonds is 15. The van der Waals surface area contributed by atoms with Crippen LogP contribution in [-0.2, 0) is 4.79 Å². The summed E-state index contributed by atoms with van der Waals surface area (Å²) in [6.07, 6.45) is 18.0. The van der Waals surface area contributed by atoms with Crippen molar-refractivity contribution in [1.82, 2.24) is 0 Å². The fraction of sp³-hybridized carbons (Fsp3) is 0.850. The molecule has 0 atom stereocenters. The predicted octanol–water partition coefficient (Wildman–Crippen LogP) is 3.58. The number of carboxylic acids is 1. The van der Waals surface area contributed by atoms with E-state index in [1.54, 1.807) is 0 Å². The van der Waals surface area contributed by atoms with Gasteiger partial charge in [0, 0.05) is 5.97 Å². The molecule has 23 heavy (non-hydrogen) atoms. The predicted molar refractivity (Wildman–Crippen MR) is 98.2 cm³/mol. The second kappa shape index (κ2) is 23.4. The van der Waals surface area contributed by atoms with Crippen molar-refractivity contribution in [3.05, 3.63) is 12.2 Å². The molecule has 0 aromatic carbocycles. The van der Waals surface area contributed by atoms with Crippen molar-refractivity contribution in [3.8, 4) is 0 Å². The van der Waals surface area contributed by atoms with Gasteiger partial charge in [0.25, 0.3) is 0 Å². The van der Waals surface area contributed by atoms with Gasteiger partial charge in [-0.05, 0) is 52.4 Å². The zero-order valence-corrected chi connectivity index (χ0v) is 15.9. The normalized spacial score (nSPS) is 10.6. The Kier molecular flexibility index (Phi) is 24.9. The van der Waals surface area contributed by atoms with E-state index in [2.05, 4.69) is 38.2 Å². The highest BCUT2D eigenvalue weighted by Gasteiger charge is 1.91. The molecule has 0 radical (unpaired) electrons. The van der Waals surface area contributed by atoms with Crippen molar-refractivity contribution in [3.63, 3.8) is 0 Å². The highest BCUT2D eigenvalue weighted by atomic mass is 16.4. The zero-order valence-electron chi connectivity index (χ0n) is 15.9. The number of hydrogen-bond donors (Lipinski definition) is 1. The van der Waals surface area contributed by atoms with Crippen LogP contribution in [0.1, 0.15) is 97.8 Å². The van der Waals surface area contributed by atoms with Gasteiger partial charge in [0.05, 0.1) is 13.1 Å². The molecule has 0 rings (SSSR count). The smallest absolute Gasteiger partial charge is 0.0726 e. The van der Waals surface area contributed by atoms with Crippen molar-refractivity contribution in [2.75, 3.05) is 13.1 Å². The summed E-state index contributed by atoms with van der Waals surface area (Å²) in [5, 5.41) is 12.4. The third kappa shape index (κ3) is 29.8. The third-order valence-corrected chi connectivity index (χ3v) is 3.72. The van der Waals surface area contributed by atoms with E-state index in [-0.39, 0.29) is 6.42 Å². The van der Waals surface area contributed by atoms with Gasteiger partial charge in [0.1, 0.15) is 0 Å². The molecule has 0 aliphatic heterocycles. The molecule has 3 heteroatoms. The summed E-state index contributed by atoms with van der Waals surface area (Å²) in [5.74, 6) is -0.916. The molecule has 2 N–H and O–H groups in total. The van der Waals surface area contributed by atoms with Crippen LogP contribution in [0.4, 0.5) is 0 Å². The molecule has 0 bridgehead atoms. The number of aliphatic carboxylic acids is 1. The van der Waals surface area contributed by atoms with Gasteiger partial charge in [0.2, 0.25) is 0 Å². The van der Waals surface area contributed by atoms with Crippen LogP contribution in [0, 0.1) is 0 Å². The molecule has 0 aliphatic rings. The summed E-state index contributed by atoms with van der Waals surface area (Å²) in [6.45, 7) is 8.99. The number of hydrogen-bond acceptors (Lipinski definition) is 2. The zero-order chi connectivity index (χ0) is 17.6. The van der Waals surface area contributed by atoms with Gasteiger partial charge in [-0.1, -0.05) is 57.6 Å². The number of carbonyl (C=O) groups excluding carboxylic acids is 1. The molecule has 0 spiro atoms. The van der Waals surface area contributed by atoms with E-state index >= 15 is 0 Å². The van der Waals surface area contributed by atoms with E-state index < -0.39 is 5.97 Å². The Hall–Kier alpha value is -0.830. The van der Waals surface area contributed by atoms with Crippen LogP contribution in [-0.4, -0.2) is 19.1 Å². The van der Waals surface area contributed by atoms with E-state index in [4.69, 9.17) is 0 Å². The first-order valence-electron chi connectivity index (χ1n) is 9.85. The minimum atomic E-state index is -0.916. The average Bonchev–Trinajstić information content (AvgIpc) is 2.53. The number of allylic oxidation sites excluding steroid dienone is 2. The van der Waals surface area contributed by atoms with Crippen LogP contribution in [0.3, 0.4) is 0 Å². The van der Waals surface area contributed by atoms with Gasteiger partial charge in [-0.15, -0.1) is 0 Å². The molecule has 3 nitrogen and oxygen atoms in total. The van der Waals surface area contributed by atoms with E-state index in [9.17, 15) is 9.90 Å². The maximum Gasteiger partial charge on any atom is 0.0726 e. The number of carbonyl (C=O) groups is 1. The summed E-state index contributed by atoms with van der Waals surface area (Å²) in [7, 11) is 0. The van der Waals surface area contributed by atoms with Gasteiger partial charge < -0.3 is 15.2 Å². The Morgan fingerprint density at radius 2 is 1.26 bits per heavy atom. The first-order valence-corrected chi connectivity index (χ1v) is 9.85. The van der Waals surface area contributed by atoms with Crippen LogP contribution in [0.25, 0.3) is 0 Å². The Balaban J connectivity index is 0. The largest absolute Gasteiger partial charge is 0.550 e. The highest BCUT2D eigenvalue weighted by molar-refractivity contribution is 5.63. The molecular weight excluding hydrogens is 286 g/mol. The second-order valence-corrected chi connectivity index (χ2v) is 6.10. The summed E-state index contributed by atoms with van der Waals surface area (Å²) in [6, 6.07) is 0. The Labute approximate surface area is 144 Å². The van der Waals surface area contributed by atoms with Crippen LogP contribution in [0.5, 0.6) is 0 Å². The van der Waals surface area contributed by atoms with E-state index in [1.807, 2.05) is 0 Å². The SMILES string of the molecule is CCCCCC/C=C\CCCCCCCC(=O)[O-].CC[NH2+]CC. The highest BCUT2D eigenvalue weighted by Crippen LogP contribution is 2.08. The maximum absolute atomic E-state index is 10.2. The van der Waals surface area contributed by atoms with Crippen LogP contribution in [0.15, 0.2) is 12.2 Å². The molecule has 138 valence electrons. The van der Waals surface area contributed by atoms with Crippen molar-refractivity contribution < 1.29 is 15.2 Å². The lowest BCUT2D eigenvalue weighted by Gasteiger charge is -2.01. The monoisotopic (exact) mass is 327 g/mol. The van der Waals surface area contributed by atoms with Crippen molar-refractivity contribution in [1.29, 1.82) is 0 Å². The van der Waals surface area contributed by atoms with Crippen molar-refractivity contribution in [2.24, 2.45) is 0 Å². The van der Waals surface area contributed by atoms with Gasteiger partial charge in [-0.2, -0.15) is 0 Å². The van der Waals surface area contributed by atoms with E-state index in [0.29, 0.717) is 0 Å². The quantitative estimate of drug-likeness (QED) is 0.369. The topological polar surface area (TPSA) is 56.7 Å². The molecule has 0 saturated heterocycles. The molecule has 0 amide bonds. The first kappa shape index (κ1) is 24.4. The molecule has 0 heterocycles. The minimum absolute atomic E-state index is 0.220. The Bertz CT molecular complexity index is 250. The minimum Gasteiger partial charge on any atom is -0.550 e. The van der Waals surface area contributed by atoms with Crippen LogP contribution in [0.2, 0.25) is 0 Å². The van der Waals surface area contributed by atoms with Gasteiger partial charge >= 0.3 is 0 Å². The number of unbranched alkanes of at least 4 members (excludes halogenated alkanes) is 9. The Morgan fingerprint density at radius 3 is 1.70 bits per heavy atom. The number of carboxylic acid groups (broad SMARTS) is 1. The standard InChI is InChI=1S/C16H30O2.C4H11N/c1-2-3-4-5-6-7-8-9-10-11-12-13-14-15-16(17)18;1-3-5-4-2/h7-8H,2-6,9-15H2,1H3,(H,17,18);5H,3-4H2,1-2H3/b8-7-;. The average molecular weight is 328 g/mol. The lowest BCUT2D eigenvalue weighted by Crippen LogP contribution is -2.82. The molecule has 0 unspecified atom stereocenters. The second-order valence-electron chi connectivity index (χ2n) is 6.10. The summed E-state index contributed by atoms with van der Waals surface area (Å²) >= 11 is 0. The summed E-state index contributed by atoms with van der Waals surface area (Å²) < 4.78 is 0. The lowest BCUT2D eigenvalue weighted by atomic mass is 10.1. The fourth-order valence-electron chi connectivity index (χ4n) is 2.28. The van der Waals surface area contributed by atoms with Crippen LogP contribution >= 0.6 is 0 Å². The molecule has 0 aromatic heterocycles. The van der Waals surface area contributed by atoms with Crippen molar-refractivity contribution in [2.45, 2.75) is 97.8 Å². The number of quaternary nitrogens is 1. The summed E-state index contributed by atoms with van der Waals surface area (Å²) in [5.41, 5.74) is 0. The van der Waals surface area contributed by atoms with Gasteiger partial charge in [-0.3, -0.25) is 0 Å². The molecule has 0 aliphatic carbocycles. The first-order chi connectivity index (χ1) is 11.2. The fourth-order valence-corrected chi connectivity index (χ4v) is 2.28. The molecular formula is C20H41NO2. The molecule has 0 aromatic rings. The Morgan fingerprint density at radius 1 is 0.783 bits per heavy atom. The van der Waals surface area contributed by atoms with E-state index in [0.717, 1.165) is 19.3 Å². The molecule has 0 saturated carbocycles. The van der Waals surface area contributed by atoms with Gasteiger partial charge in [-0.25, -0.2) is 0 Å². The maximum atomic E-state index is 10.2. The van der Waals surface area contributed by atoms with Gasteiger partial charge in [0.15, 0.2) is 0 Å². The third-order valence-electron chi connectivity index (χ3n) is 3.72. The lowest BCUT2D eigenvalue weighted by molar-refractivity contribution is -0.648.